The number of amides is 1. The Morgan fingerprint density at radius 3 is 2.52 bits per heavy atom. The second-order valence-corrected chi connectivity index (χ2v) is 8.85. The smallest absolute Gasteiger partial charge is 0.255 e. The van der Waals surface area contributed by atoms with Crippen LogP contribution in [0.1, 0.15) is 28.8 Å². The first-order chi connectivity index (χ1) is 11.9. The van der Waals surface area contributed by atoms with Crippen LogP contribution < -0.4 is 5.32 Å². The Kier molecular flexibility index (Phi) is 5.27. The van der Waals surface area contributed by atoms with Crippen molar-refractivity contribution in [1.29, 1.82) is 0 Å². The van der Waals surface area contributed by atoms with Crippen molar-refractivity contribution >= 4 is 37.5 Å². The summed E-state index contributed by atoms with van der Waals surface area (Å²) in [5.74, 6) is -0.333. The van der Waals surface area contributed by atoms with Crippen LogP contribution in [0, 0.1) is 6.92 Å². The summed E-state index contributed by atoms with van der Waals surface area (Å²) in [5.41, 5.74) is 1.99. The molecule has 1 amide bonds. The molecule has 1 aliphatic heterocycles. The van der Waals surface area contributed by atoms with E-state index in [1.54, 1.807) is 18.2 Å². The molecule has 1 fully saturated rings. The van der Waals surface area contributed by atoms with Gasteiger partial charge in [0.1, 0.15) is 0 Å². The van der Waals surface area contributed by atoms with E-state index in [0.717, 1.165) is 22.9 Å². The SMILES string of the molecule is Cc1cc(NC(=O)c2cccc(S(=O)(=O)N3CCCC3)c2)ccc1Br. The van der Waals surface area contributed by atoms with E-state index in [0.29, 0.717) is 24.3 Å². The van der Waals surface area contributed by atoms with E-state index in [1.807, 2.05) is 19.1 Å². The summed E-state index contributed by atoms with van der Waals surface area (Å²) < 4.78 is 27.7. The molecule has 0 unspecified atom stereocenters. The summed E-state index contributed by atoms with van der Waals surface area (Å²) >= 11 is 3.42. The fourth-order valence-electron chi connectivity index (χ4n) is 2.80. The Bertz CT molecular complexity index is 906. The lowest BCUT2D eigenvalue weighted by Crippen LogP contribution is -2.28. The second kappa shape index (κ2) is 7.27. The maximum Gasteiger partial charge on any atom is 0.255 e. The molecule has 5 nitrogen and oxygen atoms in total. The molecule has 0 radical (unpaired) electrons. The van der Waals surface area contributed by atoms with Crippen molar-refractivity contribution in [2.75, 3.05) is 18.4 Å². The van der Waals surface area contributed by atoms with Gasteiger partial charge >= 0.3 is 0 Å². The first-order valence-corrected chi connectivity index (χ1v) is 10.3. The first kappa shape index (κ1) is 18.1. The summed E-state index contributed by atoms with van der Waals surface area (Å²) in [7, 11) is -3.53. The van der Waals surface area contributed by atoms with E-state index in [1.165, 1.54) is 16.4 Å². The number of hydrogen-bond donors (Lipinski definition) is 1. The van der Waals surface area contributed by atoms with Crippen molar-refractivity contribution in [3.05, 3.63) is 58.1 Å². The van der Waals surface area contributed by atoms with Gasteiger partial charge in [0.25, 0.3) is 5.91 Å². The molecule has 1 saturated heterocycles. The van der Waals surface area contributed by atoms with Crippen LogP contribution in [0.25, 0.3) is 0 Å². The molecule has 25 heavy (non-hydrogen) atoms. The molecule has 7 heteroatoms. The molecular formula is C18H19BrN2O3S. The van der Waals surface area contributed by atoms with Crippen LogP contribution in [-0.2, 0) is 10.0 Å². The van der Waals surface area contributed by atoms with Gasteiger partial charge in [0.15, 0.2) is 0 Å². The number of benzene rings is 2. The number of halogens is 1. The summed E-state index contributed by atoms with van der Waals surface area (Å²) in [6.45, 7) is 3.01. The molecular weight excluding hydrogens is 404 g/mol. The standard InChI is InChI=1S/C18H19BrN2O3S/c1-13-11-15(7-8-17(13)19)20-18(22)14-5-4-6-16(12-14)25(23,24)21-9-2-3-10-21/h4-8,11-12H,2-3,9-10H2,1H3,(H,20,22). The quantitative estimate of drug-likeness (QED) is 0.814. The van der Waals surface area contributed by atoms with E-state index in [-0.39, 0.29) is 10.8 Å². The predicted octanol–water partition coefficient (Wildman–Crippen LogP) is 3.79. The van der Waals surface area contributed by atoms with Crippen LogP contribution in [-0.4, -0.2) is 31.7 Å². The van der Waals surface area contributed by atoms with Gasteiger partial charge in [0.2, 0.25) is 10.0 Å². The van der Waals surface area contributed by atoms with Crippen LogP contribution in [0.2, 0.25) is 0 Å². The average molecular weight is 423 g/mol. The Morgan fingerprint density at radius 1 is 1.12 bits per heavy atom. The van der Waals surface area contributed by atoms with Gasteiger partial charge < -0.3 is 5.32 Å². The highest BCUT2D eigenvalue weighted by molar-refractivity contribution is 9.10. The highest BCUT2D eigenvalue weighted by Crippen LogP contribution is 2.23. The normalized spacial score (nSPS) is 15.3. The third-order valence-electron chi connectivity index (χ3n) is 4.21. The van der Waals surface area contributed by atoms with Gasteiger partial charge in [-0.3, -0.25) is 4.79 Å². The Labute approximate surface area is 156 Å². The van der Waals surface area contributed by atoms with Crippen molar-refractivity contribution in [1.82, 2.24) is 4.31 Å². The van der Waals surface area contributed by atoms with E-state index < -0.39 is 10.0 Å². The third kappa shape index (κ3) is 3.94. The maximum absolute atomic E-state index is 12.6. The van der Waals surface area contributed by atoms with E-state index >= 15 is 0 Å². The third-order valence-corrected chi connectivity index (χ3v) is 7.00. The molecule has 1 heterocycles. The van der Waals surface area contributed by atoms with Gasteiger partial charge in [-0.05, 0) is 61.7 Å². The van der Waals surface area contributed by atoms with E-state index in [4.69, 9.17) is 0 Å². The number of nitrogens with zero attached hydrogens (tertiary/aromatic N) is 1. The van der Waals surface area contributed by atoms with E-state index in [9.17, 15) is 13.2 Å². The van der Waals surface area contributed by atoms with Gasteiger partial charge in [0, 0.05) is 28.8 Å². The van der Waals surface area contributed by atoms with Crippen molar-refractivity contribution in [3.63, 3.8) is 0 Å². The second-order valence-electron chi connectivity index (χ2n) is 6.06. The van der Waals surface area contributed by atoms with Gasteiger partial charge in [0.05, 0.1) is 4.90 Å². The van der Waals surface area contributed by atoms with E-state index in [2.05, 4.69) is 21.2 Å². The average Bonchev–Trinajstić information content (AvgIpc) is 3.14. The Morgan fingerprint density at radius 2 is 1.84 bits per heavy atom. The summed E-state index contributed by atoms with van der Waals surface area (Å²) in [4.78, 5) is 12.6. The summed E-state index contributed by atoms with van der Waals surface area (Å²) in [6, 6.07) is 11.7. The summed E-state index contributed by atoms with van der Waals surface area (Å²) in [5, 5.41) is 2.81. The number of carbonyl (C=O) groups excluding carboxylic acids is 1. The Hall–Kier alpha value is -1.70. The highest BCUT2D eigenvalue weighted by atomic mass is 79.9. The number of carbonyl (C=O) groups is 1. The molecule has 0 atom stereocenters. The lowest BCUT2D eigenvalue weighted by Gasteiger charge is -2.16. The lowest BCUT2D eigenvalue weighted by molar-refractivity contribution is 0.102. The zero-order valence-corrected chi connectivity index (χ0v) is 16.2. The van der Waals surface area contributed by atoms with Gasteiger partial charge in [-0.15, -0.1) is 0 Å². The van der Waals surface area contributed by atoms with Gasteiger partial charge in [-0.1, -0.05) is 22.0 Å². The molecule has 2 aromatic rings. The van der Waals surface area contributed by atoms with Crippen LogP contribution in [0.4, 0.5) is 5.69 Å². The maximum atomic E-state index is 12.6. The van der Waals surface area contributed by atoms with Crippen molar-refractivity contribution in [3.8, 4) is 0 Å². The lowest BCUT2D eigenvalue weighted by atomic mass is 10.2. The minimum absolute atomic E-state index is 0.161. The molecule has 0 aliphatic carbocycles. The van der Waals surface area contributed by atoms with Crippen LogP contribution in [0.5, 0.6) is 0 Å². The van der Waals surface area contributed by atoms with Gasteiger partial charge in [-0.25, -0.2) is 8.42 Å². The highest BCUT2D eigenvalue weighted by Gasteiger charge is 2.27. The van der Waals surface area contributed by atoms with Crippen molar-refractivity contribution in [2.45, 2.75) is 24.7 Å². The van der Waals surface area contributed by atoms with Crippen molar-refractivity contribution < 1.29 is 13.2 Å². The number of rotatable bonds is 4. The number of hydrogen-bond acceptors (Lipinski definition) is 3. The molecule has 132 valence electrons. The van der Waals surface area contributed by atoms with Crippen LogP contribution in [0.15, 0.2) is 51.8 Å². The zero-order chi connectivity index (χ0) is 18.0. The zero-order valence-electron chi connectivity index (χ0n) is 13.8. The number of sulfonamides is 1. The van der Waals surface area contributed by atoms with Crippen LogP contribution in [0.3, 0.4) is 0 Å². The number of anilines is 1. The number of aryl methyl sites for hydroxylation is 1. The minimum atomic E-state index is -3.53. The van der Waals surface area contributed by atoms with Gasteiger partial charge in [-0.2, -0.15) is 4.31 Å². The van der Waals surface area contributed by atoms with Crippen LogP contribution >= 0.6 is 15.9 Å². The topological polar surface area (TPSA) is 66.5 Å². The summed E-state index contributed by atoms with van der Waals surface area (Å²) in [6.07, 6.45) is 1.75. The Balaban J connectivity index is 1.83. The monoisotopic (exact) mass is 422 g/mol. The molecule has 1 N–H and O–H groups in total. The molecule has 3 rings (SSSR count). The predicted molar refractivity (Wildman–Crippen MR) is 101 cm³/mol. The molecule has 0 bridgehead atoms. The first-order valence-electron chi connectivity index (χ1n) is 8.05. The molecule has 0 spiro atoms. The fourth-order valence-corrected chi connectivity index (χ4v) is 4.61. The fraction of sp³-hybridized carbons (Fsp3) is 0.278. The molecule has 2 aromatic carbocycles. The largest absolute Gasteiger partial charge is 0.322 e. The molecule has 0 aromatic heterocycles. The molecule has 0 saturated carbocycles. The van der Waals surface area contributed by atoms with Crippen molar-refractivity contribution in [2.24, 2.45) is 0 Å². The number of nitrogens with one attached hydrogen (secondary N) is 1. The molecule has 1 aliphatic rings. The minimum Gasteiger partial charge on any atom is -0.322 e.